The van der Waals surface area contributed by atoms with Crippen molar-refractivity contribution in [1.29, 1.82) is 0 Å². The molecule has 1 aliphatic heterocycles. The van der Waals surface area contributed by atoms with Gasteiger partial charge in [0.2, 0.25) is 5.91 Å². The highest BCUT2D eigenvalue weighted by atomic mass is 32.1. The van der Waals surface area contributed by atoms with Gasteiger partial charge in [-0.1, -0.05) is 6.07 Å². The summed E-state index contributed by atoms with van der Waals surface area (Å²) in [5.41, 5.74) is 3.11. The van der Waals surface area contributed by atoms with Crippen LogP contribution in [0.5, 0.6) is 0 Å². The molecular formula is C16H18N2O2S. The van der Waals surface area contributed by atoms with E-state index >= 15 is 0 Å². The number of amides is 1. The van der Waals surface area contributed by atoms with Crippen molar-refractivity contribution >= 4 is 17.2 Å². The topological polar surface area (TPSA) is 51.2 Å². The van der Waals surface area contributed by atoms with Crippen LogP contribution < -0.4 is 5.32 Å². The average molecular weight is 302 g/mol. The fraction of sp³-hybridized carbons (Fsp3) is 0.375. The predicted octanol–water partition coefficient (Wildman–Crippen LogP) is 2.85. The smallest absolute Gasteiger partial charge is 0.223 e. The van der Waals surface area contributed by atoms with Crippen LogP contribution in [0.4, 0.5) is 0 Å². The molecule has 1 N–H and O–H groups in total. The van der Waals surface area contributed by atoms with Crippen LogP contribution in [0.1, 0.15) is 18.4 Å². The Hall–Kier alpha value is -1.72. The molecule has 110 valence electrons. The standard InChI is InChI=1S/C16H18N2O2S/c19-16(12-3-7-20-8-4-12)18-10-13-2-1-6-17-15(13)14-5-9-21-11-14/h1-2,5-6,9,11-12H,3-4,7-8,10H2,(H,18,19). The molecule has 1 aliphatic rings. The number of thiophene rings is 1. The van der Waals surface area contributed by atoms with Crippen molar-refractivity contribution in [3.05, 3.63) is 40.7 Å². The lowest BCUT2D eigenvalue weighted by molar-refractivity contribution is -0.128. The maximum atomic E-state index is 12.2. The van der Waals surface area contributed by atoms with Crippen molar-refractivity contribution in [1.82, 2.24) is 10.3 Å². The first kappa shape index (κ1) is 14.2. The van der Waals surface area contributed by atoms with E-state index in [4.69, 9.17) is 4.74 Å². The van der Waals surface area contributed by atoms with Crippen molar-refractivity contribution in [2.75, 3.05) is 13.2 Å². The number of pyridine rings is 1. The lowest BCUT2D eigenvalue weighted by Crippen LogP contribution is -2.34. The first-order chi connectivity index (χ1) is 10.3. The van der Waals surface area contributed by atoms with Crippen LogP contribution in [0, 0.1) is 5.92 Å². The lowest BCUT2D eigenvalue weighted by atomic mass is 9.99. The van der Waals surface area contributed by atoms with Crippen LogP contribution >= 0.6 is 11.3 Å². The summed E-state index contributed by atoms with van der Waals surface area (Å²) in [6.07, 6.45) is 3.42. The van der Waals surface area contributed by atoms with Gasteiger partial charge in [0.1, 0.15) is 0 Å². The van der Waals surface area contributed by atoms with Crippen molar-refractivity contribution < 1.29 is 9.53 Å². The van der Waals surface area contributed by atoms with Crippen molar-refractivity contribution in [2.45, 2.75) is 19.4 Å². The number of ether oxygens (including phenoxy) is 1. The zero-order valence-corrected chi connectivity index (χ0v) is 12.6. The van der Waals surface area contributed by atoms with Gasteiger partial charge in [-0.25, -0.2) is 0 Å². The van der Waals surface area contributed by atoms with Crippen LogP contribution in [0.15, 0.2) is 35.2 Å². The second-order valence-electron chi connectivity index (χ2n) is 5.13. The largest absolute Gasteiger partial charge is 0.381 e. The second-order valence-corrected chi connectivity index (χ2v) is 5.91. The Morgan fingerprint density at radius 3 is 3.00 bits per heavy atom. The fourth-order valence-electron chi connectivity index (χ4n) is 2.53. The van der Waals surface area contributed by atoms with E-state index in [9.17, 15) is 4.79 Å². The van der Waals surface area contributed by atoms with Gasteiger partial charge in [-0.15, -0.1) is 0 Å². The molecule has 0 bridgehead atoms. The van der Waals surface area contributed by atoms with Gasteiger partial charge in [-0.3, -0.25) is 9.78 Å². The summed E-state index contributed by atoms with van der Waals surface area (Å²) >= 11 is 1.65. The number of nitrogens with one attached hydrogen (secondary N) is 1. The van der Waals surface area contributed by atoms with E-state index in [1.165, 1.54) is 0 Å². The minimum Gasteiger partial charge on any atom is -0.381 e. The number of carbonyl (C=O) groups excluding carboxylic acids is 1. The van der Waals surface area contributed by atoms with Gasteiger partial charge >= 0.3 is 0 Å². The van der Waals surface area contributed by atoms with Crippen LogP contribution in [-0.2, 0) is 16.1 Å². The Morgan fingerprint density at radius 2 is 2.24 bits per heavy atom. The Morgan fingerprint density at radius 1 is 1.38 bits per heavy atom. The summed E-state index contributed by atoms with van der Waals surface area (Å²) < 4.78 is 5.29. The molecule has 3 rings (SSSR count). The summed E-state index contributed by atoms with van der Waals surface area (Å²) in [5, 5.41) is 7.15. The molecule has 4 nitrogen and oxygen atoms in total. The molecule has 0 aliphatic carbocycles. The zero-order chi connectivity index (χ0) is 14.5. The molecule has 0 spiro atoms. The first-order valence-electron chi connectivity index (χ1n) is 7.16. The number of carbonyl (C=O) groups is 1. The van der Waals surface area contributed by atoms with E-state index in [1.807, 2.05) is 17.5 Å². The molecule has 0 aromatic carbocycles. The molecule has 5 heteroatoms. The predicted molar refractivity (Wildman–Crippen MR) is 82.9 cm³/mol. The number of nitrogens with zero attached hydrogens (tertiary/aromatic N) is 1. The van der Waals surface area contributed by atoms with Crippen LogP contribution in [0.2, 0.25) is 0 Å². The monoisotopic (exact) mass is 302 g/mol. The summed E-state index contributed by atoms with van der Waals surface area (Å²) in [6, 6.07) is 5.98. The van der Waals surface area contributed by atoms with Gasteiger partial charge in [0.05, 0.1) is 5.69 Å². The molecular weight excluding hydrogens is 284 g/mol. The Kier molecular flexibility index (Phi) is 4.62. The maximum Gasteiger partial charge on any atom is 0.223 e. The molecule has 0 radical (unpaired) electrons. The molecule has 2 aromatic heterocycles. The van der Waals surface area contributed by atoms with E-state index < -0.39 is 0 Å². The third kappa shape index (κ3) is 3.49. The minimum atomic E-state index is 0.0834. The molecule has 21 heavy (non-hydrogen) atoms. The second kappa shape index (κ2) is 6.83. The summed E-state index contributed by atoms with van der Waals surface area (Å²) in [6.45, 7) is 1.89. The van der Waals surface area contributed by atoms with Crippen molar-refractivity contribution in [2.24, 2.45) is 5.92 Å². The van der Waals surface area contributed by atoms with Gasteiger partial charge in [0.15, 0.2) is 0 Å². The highest BCUT2D eigenvalue weighted by Gasteiger charge is 2.21. The first-order valence-corrected chi connectivity index (χ1v) is 8.11. The van der Waals surface area contributed by atoms with Gasteiger partial charge in [0, 0.05) is 42.8 Å². The van der Waals surface area contributed by atoms with E-state index in [0.29, 0.717) is 19.8 Å². The number of hydrogen-bond donors (Lipinski definition) is 1. The third-order valence-electron chi connectivity index (χ3n) is 3.73. The molecule has 3 heterocycles. The lowest BCUT2D eigenvalue weighted by Gasteiger charge is -2.21. The minimum absolute atomic E-state index is 0.0834. The fourth-order valence-corrected chi connectivity index (χ4v) is 3.17. The van der Waals surface area contributed by atoms with E-state index in [-0.39, 0.29) is 11.8 Å². The highest BCUT2D eigenvalue weighted by molar-refractivity contribution is 7.08. The normalized spacial score (nSPS) is 15.8. The van der Waals surface area contributed by atoms with Crippen LogP contribution in [0.25, 0.3) is 11.3 Å². The molecule has 0 atom stereocenters. The summed E-state index contributed by atoms with van der Waals surface area (Å²) in [7, 11) is 0. The summed E-state index contributed by atoms with van der Waals surface area (Å²) in [5.74, 6) is 0.207. The Balaban J connectivity index is 1.66. The van der Waals surface area contributed by atoms with Gasteiger partial charge in [0.25, 0.3) is 0 Å². The SMILES string of the molecule is O=C(NCc1cccnc1-c1ccsc1)C1CCOCC1. The van der Waals surface area contributed by atoms with E-state index in [2.05, 4.69) is 21.7 Å². The van der Waals surface area contributed by atoms with Crippen LogP contribution in [-0.4, -0.2) is 24.1 Å². The summed E-state index contributed by atoms with van der Waals surface area (Å²) in [4.78, 5) is 16.6. The number of hydrogen-bond acceptors (Lipinski definition) is 4. The number of aromatic nitrogens is 1. The van der Waals surface area contributed by atoms with E-state index in [0.717, 1.165) is 29.7 Å². The van der Waals surface area contributed by atoms with Crippen molar-refractivity contribution in [3.63, 3.8) is 0 Å². The van der Waals surface area contributed by atoms with Crippen molar-refractivity contribution in [3.8, 4) is 11.3 Å². The molecule has 1 fully saturated rings. The number of rotatable bonds is 4. The molecule has 2 aromatic rings. The van der Waals surface area contributed by atoms with E-state index in [1.54, 1.807) is 17.5 Å². The Labute approximate surface area is 128 Å². The Bertz CT molecular complexity index is 592. The quantitative estimate of drug-likeness (QED) is 0.945. The third-order valence-corrected chi connectivity index (χ3v) is 4.41. The average Bonchev–Trinajstić information content (AvgIpc) is 3.08. The maximum absolute atomic E-state index is 12.2. The van der Waals surface area contributed by atoms with Gasteiger partial charge < -0.3 is 10.1 Å². The van der Waals surface area contributed by atoms with Crippen LogP contribution in [0.3, 0.4) is 0 Å². The van der Waals surface area contributed by atoms with Gasteiger partial charge in [-0.05, 0) is 35.9 Å². The molecule has 0 unspecified atom stereocenters. The molecule has 1 amide bonds. The van der Waals surface area contributed by atoms with Gasteiger partial charge in [-0.2, -0.15) is 11.3 Å². The highest BCUT2D eigenvalue weighted by Crippen LogP contribution is 2.23. The molecule has 1 saturated heterocycles. The zero-order valence-electron chi connectivity index (χ0n) is 11.7. The molecule has 0 saturated carbocycles.